The molecule has 0 aliphatic rings. The van der Waals surface area contributed by atoms with Gasteiger partial charge in [0.25, 0.3) is 0 Å². The standard InChI is InChI=1S/C13H21BO5/c1-17-9-10-18-7-4-8-19-11-12-5-2-3-6-13(12)14(15)16/h2-3,5-6,15-16H,4,7-11H2,1H3. The number of hydrogen-bond donors (Lipinski definition) is 2. The van der Waals surface area contributed by atoms with Crippen LogP contribution in [0.4, 0.5) is 0 Å². The zero-order valence-electron chi connectivity index (χ0n) is 11.2. The molecule has 0 spiro atoms. The van der Waals surface area contributed by atoms with Crippen LogP contribution in [0.15, 0.2) is 24.3 Å². The molecule has 5 nitrogen and oxygen atoms in total. The van der Waals surface area contributed by atoms with Crippen LogP contribution in [0.3, 0.4) is 0 Å². The van der Waals surface area contributed by atoms with Gasteiger partial charge in [-0.3, -0.25) is 0 Å². The van der Waals surface area contributed by atoms with Gasteiger partial charge in [0.2, 0.25) is 0 Å². The van der Waals surface area contributed by atoms with E-state index >= 15 is 0 Å². The van der Waals surface area contributed by atoms with Crippen molar-refractivity contribution in [3.05, 3.63) is 29.8 Å². The first-order chi connectivity index (χ1) is 9.25. The van der Waals surface area contributed by atoms with Crippen molar-refractivity contribution in [2.75, 3.05) is 33.5 Å². The van der Waals surface area contributed by atoms with Crippen molar-refractivity contribution >= 4 is 12.6 Å². The molecule has 0 unspecified atom stereocenters. The second kappa shape index (κ2) is 9.94. The molecule has 0 heterocycles. The van der Waals surface area contributed by atoms with E-state index in [1.54, 1.807) is 19.2 Å². The number of rotatable bonds is 10. The van der Waals surface area contributed by atoms with Crippen molar-refractivity contribution in [1.29, 1.82) is 0 Å². The highest BCUT2D eigenvalue weighted by molar-refractivity contribution is 6.59. The Hall–Kier alpha value is -0.915. The Morgan fingerprint density at radius 3 is 2.47 bits per heavy atom. The van der Waals surface area contributed by atoms with E-state index in [1.807, 2.05) is 12.1 Å². The molecule has 19 heavy (non-hydrogen) atoms. The fourth-order valence-electron chi connectivity index (χ4n) is 1.61. The van der Waals surface area contributed by atoms with Gasteiger partial charge in [0.1, 0.15) is 0 Å². The number of ether oxygens (including phenoxy) is 3. The van der Waals surface area contributed by atoms with Crippen molar-refractivity contribution in [3.63, 3.8) is 0 Å². The van der Waals surface area contributed by atoms with Crippen LogP contribution in [0, 0.1) is 0 Å². The number of benzene rings is 1. The summed E-state index contributed by atoms with van der Waals surface area (Å²) in [6.45, 7) is 2.76. The average Bonchev–Trinajstić information content (AvgIpc) is 2.42. The molecule has 0 saturated heterocycles. The maximum Gasteiger partial charge on any atom is 0.488 e. The second-order valence-electron chi connectivity index (χ2n) is 4.08. The van der Waals surface area contributed by atoms with Gasteiger partial charge in [-0.25, -0.2) is 0 Å². The van der Waals surface area contributed by atoms with Crippen LogP contribution in [0.1, 0.15) is 12.0 Å². The van der Waals surface area contributed by atoms with Gasteiger partial charge < -0.3 is 24.3 Å². The Kier molecular flexibility index (Phi) is 8.45. The van der Waals surface area contributed by atoms with E-state index < -0.39 is 7.12 Å². The number of hydrogen-bond acceptors (Lipinski definition) is 5. The predicted molar refractivity (Wildman–Crippen MR) is 73.2 cm³/mol. The summed E-state index contributed by atoms with van der Waals surface area (Å²) in [5, 5.41) is 18.4. The Balaban J connectivity index is 2.16. The van der Waals surface area contributed by atoms with Crippen molar-refractivity contribution < 1.29 is 24.3 Å². The van der Waals surface area contributed by atoms with Crippen LogP contribution in [0.2, 0.25) is 0 Å². The van der Waals surface area contributed by atoms with Crippen molar-refractivity contribution in [3.8, 4) is 0 Å². The highest BCUT2D eigenvalue weighted by Gasteiger charge is 2.14. The fraction of sp³-hybridized carbons (Fsp3) is 0.538. The minimum absolute atomic E-state index is 0.367. The zero-order chi connectivity index (χ0) is 13.9. The van der Waals surface area contributed by atoms with Gasteiger partial charge >= 0.3 is 7.12 Å². The Morgan fingerprint density at radius 1 is 1.00 bits per heavy atom. The van der Waals surface area contributed by atoms with E-state index in [-0.39, 0.29) is 0 Å². The molecule has 1 rings (SSSR count). The highest BCUT2D eigenvalue weighted by Crippen LogP contribution is 2.00. The van der Waals surface area contributed by atoms with E-state index in [0.717, 1.165) is 12.0 Å². The minimum Gasteiger partial charge on any atom is -0.423 e. The maximum atomic E-state index is 9.20. The molecule has 0 radical (unpaired) electrons. The van der Waals surface area contributed by atoms with Crippen molar-refractivity contribution in [1.82, 2.24) is 0 Å². The van der Waals surface area contributed by atoms with Crippen LogP contribution in [-0.4, -0.2) is 50.7 Å². The Bertz CT molecular complexity index is 346. The molecule has 1 aromatic carbocycles. The Labute approximate surface area is 114 Å². The molecule has 0 aliphatic heterocycles. The summed E-state index contributed by atoms with van der Waals surface area (Å²) in [7, 11) is 0.177. The quantitative estimate of drug-likeness (QED) is 0.459. The summed E-state index contributed by atoms with van der Waals surface area (Å²) in [4.78, 5) is 0. The third-order valence-corrected chi connectivity index (χ3v) is 2.60. The molecular weight excluding hydrogens is 247 g/mol. The van der Waals surface area contributed by atoms with Crippen LogP contribution in [0.5, 0.6) is 0 Å². The molecular formula is C13H21BO5. The van der Waals surface area contributed by atoms with Crippen LogP contribution in [0.25, 0.3) is 0 Å². The highest BCUT2D eigenvalue weighted by atomic mass is 16.5. The molecule has 0 saturated carbocycles. The second-order valence-corrected chi connectivity index (χ2v) is 4.08. The lowest BCUT2D eigenvalue weighted by Crippen LogP contribution is -2.33. The summed E-state index contributed by atoms with van der Waals surface area (Å²) >= 11 is 0. The third kappa shape index (κ3) is 6.70. The summed E-state index contributed by atoms with van der Waals surface area (Å²) in [6.07, 6.45) is 0.799. The molecule has 0 bridgehead atoms. The molecule has 0 amide bonds. The molecule has 0 aliphatic carbocycles. The lowest BCUT2D eigenvalue weighted by atomic mass is 9.77. The molecule has 0 atom stereocenters. The van der Waals surface area contributed by atoms with Crippen LogP contribution in [-0.2, 0) is 20.8 Å². The first-order valence-electron chi connectivity index (χ1n) is 6.34. The molecule has 0 aromatic heterocycles. The normalized spacial score (nSPS) is 10.7. The Morgan fingerprint density at radius 2 is 1.74 bits per heavy atom. The van der Waals surface area contributed by atoms with E-state index in [1.165, 1.54) is 0 Å². The van der Waals surface area contributed by atoms with Gasteiger partial charge in [0.05, 0.1) is 19.8 Å². The minimum atomic E-state index is -1.46. The summed E-state index contributed by atoms with van der Waals surface area (Å²) in [5.74, 6) is 0. The largest absolute Gasteiger partial charge is 0.488 e. The molecule has 1 aromatic rings. The molecule has 106 valence electrons. The smallest absolute Gasteiger partial charge is 0.423 e. The lowest BCUT2D eigenvalue weighted by Gasteiger charge is -2.09. The van der Waals surface area contributed by atoms with E-state index in [0.29, 0.717) is 38.5 Å². The van der Waals surface area contributed by atoms with E-state index in [2.05, 4.69) is 0 Å². The van der Waals surface area contributed by atoms with Gasteiger partial charge in [0, 0.05) is 20.3 Å². The fourth-order valence-corrected chi connectivity index (χ4v) is 1.61. The zero-order valence-corrected chi connectivity index (χ0v) is 11.2. The predicted octanol–water partition coefficient (Wildman–Crippen LogP) is -0.0639. The average molecular weight is 268 g/mol. The number of methoxy groups -OCH3 is 1. The summed E-state index contributed by atoms with van der Waals surface area (Å²) < 4.78 is 15.6. The van der Waals surface area contributed by atoms with Gasteiger partial charge in [0.15, 0.2) is 0 Å². The maximum absolute atomic E-state index is 9.20. The van der Waals surface area contributed by atoms with Gasteiger partial charge in [-0.05, 0) is 17.4 Å². The summed E-state index contributed by atoms with van der Waals surface area (Å²) in [6, 6.07) is 7.11. The van der Waals surface area contributed by atoms with Gasteiger partial charge in [-0.2, -0.15) is 0 Å². The first kappa shape index (κ1) is 16.1. The monoisotopic (exact) mass is 268 g/mol. The molecule has 0 fully saturated rings. The molecule has 6 heteroatoms. The lowest BCUT2D eigenvalue weighted by molar-refractivity contribution is 0.0484. The van der Waals surface area contributed by atoms with Crippen molar-refractivity contribution in [2.45, 2.75) is 13.0 Å². The van der Waals surface area contributed by atoms with Crippen molar-refractivity contribution in [2.24, 2.45) is 0 Å². The first-order valence-corrected chi connectivity index (χ1v) is 6.34. The topological polar surface area (TPSA) is 68.2 Å². The van der Waals surface area contributed by atoms with Crippen LogP contribution >= 0.6 is 0 Å². The third-order valence-electron chi connectivity index (χ3n) is 2.60. The van der Waals surface area contributed by atoms with E-state index in [9.17, 15) is 10.0 Å². The van der Waals surface area contributed by atoms with Gasteiger partial charge in [-0.15, -0.1) is 0 Å². The van der Waals surface area contributed by atoms with Crippen LogP contribution < -0.4 is 5.46 Å². The van der Waals surface area contributed by atoms with Gasteiger partial charge in [-0.1, -0.05) is 24.3 Å². The summed E-state index contributed by atoms with van der Waals surface area (Å²) in [5.41, 5.74) is 1.27. The SMILES string of the molecule is COCCOCCCOCc1ccccc1B(O)O. The molecule has 2 N–H and O–H groups in total. The van der Waals surface area contributed by atoms with E-state index in [4.69, 9.17) is 14.2 Å².